The van der Waals surface area contributed by atoms with Crippen LogP contribution in [0.4, 0.5) is 0 Å². The zero-order chi connectivity index (χ0) is 20.5. The molecule has 1 fully saturated rings. The Bertz CT molecular complexity index is 1140. The molecule has 3 aromatic rings. The van der Waals surface area contributed by atoms with Gasteiger partial charge < -0.3 is 4.74 Å². The van der Waals surface area contributed by atoms with Crippen molar-refractivity contribution in [1.82, 2.24) is 14.5 Å². The van der Waals surface area contributed by atoms with Crippen molar-refractivity contribution in [2.24, 2.45) is 0 Å². The maximum atomic E-state index is 13.0. The molecule has 2 aliphatic heterocycles. The number of nitrogens with zero attached hydrogens (tertiary/aromatic N) is 4. The molecule has 1 saturated heterocycles. The largest absolute Gasteiger partial charge is 0.377 e. The maximum absolute atomic E-state index is 13.0. The number of hydrogen-bond donors (Lipinski definition) is 0. The third-order valence-electron chi connectivity index (χ3n) is 5.73. The number of thiophene rings is 1. The van der Waals surface area contributed by atoms with Crippen molar-refractivity contribution in [3.8, 4) is 6.07 Å². The van der Waals surface area contributed by atoms with E-state index in [-0.39, 0.29) is 12.0 Å². The molecule has 0 amide bonds. The summed E-state index contributed by atoms with van der Waals surface area (Å²) in [6, 6.07) is 14.1. The Morgan fingerprint density at radius 1 is 1.27 bits per heavy atom. The molecule has 0 radical (unpaired) electrons. The van der Waals surface area contributed by atoms with E-state index in [0.717, 1.165) is 49.1 Å². The number of imidazole rings is 1. The van der Waals surface area contributed by atoms with E-state index < -0.39 is 5.92 Å². The van der Waals surface area contributed by atoms with Gasteiger partial charge in [0.2, 0.25) is 0 Å². The van der Waals surface area contributed by atoms with Crippen molar-refractivity contribution in [3.63, 3.8) is 0 Å². The number of para-hydroxylation sites is 2. The Morgan fingerprint density at radius 3 is 2.93 bits per heavy atom. The molecule has 0 saturated carbocycles. The Hall–Kier alpha value is -2.79. The second-order valence-electron chi connectivity index (χ2n) is 7.80. The summed E-state index contributed by atoms with van der Waals surface area (Å²) in [4.78, 5) is 21.2. The predicted octanol–water partition coefficient (Wildman–Crippen LogP) is 3.97. The molecule has 2 aromatic heterocycles. The minimum atomic E-state index is -0.537. The lowest BCUT2D eigenvalue weighted by Crippen LogP contribution is -2.35. The molecule has 0 bridgehead atoms. The predicted molar refractivity (Wildman–Crippen MR) is 115 cm³/mol. The van der Waals surface area contributed by atoms with Crippen LogP contribution < -0.4 is 0 Å². The Kier molecular flexibility index (Phi) is 5.21. The topological polar surface area (TPSA) is 71.2 Å². The molecule has 0 spiro atoms. The van der Waals surface area contributed by atoms with Crippen molar-refractivity contribution in [2.75, 3.05) is 19.7 Å². The number of nitriles is 1. The van der Waals surface area contributed by atoms with Crippen molar-refractivity contribution in [3.05, 3.63) is 64.1 Å². The van der Waals surface area contributed by atoms with Crippen LogP contribution in [-0.4, -0.2) is 46.2 Å². The average Bonchev–Trinajstić information content (AvgIpc) is 3.49. The van der Waals surface area contributed by atoms with Crippen LogP contribution in [-0.2, 0) is 11.3 Å². The van der Waals surface area contributed by atoms with Gasteiger partial charge in [0.15, 0.2) is 0 Å². The lowest BCUT2D eigenvalue weighted by Gasteiger charge is -2.28. The van der Waals surface area contributed by atoms with Crippen molar-refractivity contribution >= 4 is 28.3 Å². The molecule has 2 atom stereocenters. The van der Waals surface area contributed by atoms with Crippen molar-refractivity contribution in [2.45, 2.75) is 31.4 Å². The van der Waals surface area contributed by atoms with Crippen LogP contribution in [0.1, 0.15) is 34.3 Å². The minimum Gasteiger partial charge on any atom is -0.377 e. The van der Waals surface area contributed by atoms with E-state index in [1.807, 2.05) is 30.3 Å². The Balaban J connectivity index is 1.45. The van der Waals surface area contributed by atoms with Crippen LogP contribution >= 0.6 is 11.3 Å². The zero-order valence-corrected chi connectivity index (χ0v) is 17.3. The molecule has 7 heteroatoms. The van der Waals surface area contributed by atoms with E-state index >= 15 is 0 Å². The second kappa shape index (κ2) is 8.15. The normalized spacial score (nSPS) is 21.1. The highest BCUT2D eigenvalue weighted by molar-refractivity contribution is 7.09. The number of allylic oxidation sites excluding steroid dienone is 1. The number of ether oxygens (including phenoxy) is 1. The van der Waals surface area contributed by atoms with Gasteiger partial charge in [0.05, 0.1) is 23.2 Å². The standard InChI is InChI=1S/C23H22N4O2S/c24-12-19-16(11-22(28)27-21-8-2-1-7-20(21)25-23(19)27)13-26(14-17-5-3-9-29-17)15-18-6-4-10-30-18/h1-2,4,6-8,10-11,17,19H,3,5,9,13-15H2. The molecule has 1 aromatic carbocycles. The number of rotatable bonds is 6. The quantitative estimate of drug-likeness (QED) is 0.606. The lowest BCUT2D eigenvalue weighted by atomic mass is 9.95. The molecule has 0 aliphatic carbocycles. The number of carbonyl (C=O) groups excluding carboxylic acids is 1. The highest BCUT2D eigenvalue weighted by Crippen LogP contribution is 2.32. The first-order valence-electron chi connectivity index (χ1n) is 10.2. The highest BCUT2D eigenvalue weighted by Gasteiger charge is 2.32. The summed E-state index contributed by atoms with van der Waals surface area (Å²) >= 11 is 1.72. The molecular weight excluding hydrogens is 396 g/mol. The van der Waals surface area contributed by atoms with E-state index in [4.69, 9.17) is 4.74 Å². The number of aromatic nitrogens is 2. The van der Waals surface area contributed by atoms with Gasteiger partial charge in [-0.25, -0.2) is 4.98 Å². The second-order valence-corrected chi connectivity index (χ2v) is 8.83. The van der Waals surface area contributed by atoms with E-state index in [9.17, 15) is 10.1 Å². The fourth-order valence-corrected chi connectivity index (χ4v) is 5.11. The maximum Gasteiger partial charge on any atom is 0.256 e. The lowest BCUT2D eigenvalue weighted by molar-refractivity contribution is 0.0736. The monoisotopic (exact) mass is 418 g/mol. The molecule has 2 unspecified atom stereocenters. The van der Waals surface area contributed by atoms with E-state index in [1.165, 1.54) is 4.88 Å². The van der Waals surface area contributed by atoms with Crippen molar-refractivity contribution in [1.29, 1.82) is 5.26 Å². The van der Waals surface area contributed by atoms with E-state index in [0.29, 0.717) is 12.4 Å². The van der Waals surface area contributed by atoms with Crippen LogP contribution in [0.3, 0.4) is 0 Å². The molecule has 30 heavy (non-hydrogen) atoms. The van der Waals surface area contributed by atoms with Gasteiger partial charge in [0.1, 0.15) is 11.7 Å². The highest BCUT2D eigenvalue weighted by atomic mass is 32.1. The van der Waals surface area contributed by atoms with Crippen LogP contribution in [0.5, 0.6) is 0 Å². The van der Waals surface area contributed by atoms with Gasteiger partial charge in [-0.2, -0.15) is 5.26 Å². The van der Waals surface area contributed by atoms with E-state index in [1.54, 1.807) is 22.0 Å². The summed E-state index contributed by atoms with van der Waals surface area (Å²) in [5.41, 5.74) is 2.30. The third kappa shape index (κ3) is 3.58. The van der Waals surface area contributed by atoms with Gasteiger partial charge in [-0.3, -0.25) is 14.3 Å². The van der Waals surface area contributed by atoms with Crippen LogP contribution in [0.25, 0.3) is 11.0 Å². The summed E-state index contributed by atoms with van der Waals surface area (Å²) < 4.78 is 7.44. The molecular formula is C23H22N4O2S. The van der Waals surface area contributed by atoms with Gasteiger partial charge in [0, 0.05) is 37.2 Å². The molecule has 152 valence electrons. The van der Waals surface area contributed by atoms with Gasteiger partial charge >= 0.3 is 0 Å². The van der Waals surface area contributed by atoms with Crippen LogP contribution in [0.15, 0.2) is 53.4 Å². The summed E-state index contributed by atoms with van der Waals surface area (Å²) in [7, 11) is 0. The number of hydrogen-bond acceptors (Lipinski definition) is 6. The van der Waals surface area contributed by atoms with Gasteiger partial charge in [-0.15, -0.1) is 11.3 Å². The average molecular weight is 419 g/mol. The van der Waals surface area contributed by atoms with Gasteiger partial charge in [-0.05, 0) is 42.0 Å². The number of carbonyl (C=O) groups is 1. The fraction of sp³-hybridized carbons (Fsp3) is 0.348. The molecule has 4 heterocycles. The fourth-order valence-electron chi connectivity index (χ4n) is 4.36. The van der Waals surface area contributed by atoms with Crippen LogP contribution in [0.2, 0.25) is 0 Å². The smallest absolute Gasteiger partial charge is 0.256 e. The van der Waals surface area contributed by atoms with E-state index in [2.05, 4.69) is 27.4 Å². The molecule has 5 rings (SSSR count). The number of fused-ring (bicyclic) bond motifs is 3. The third-order valence-corrected chi connectivity index (χ3v) is 6.59. The first-order valence-corrected chi connectivity index (χ1v) is 11.1. The molecule has 2 aliphatic rings. The summed E-state index contributed by atoms with van der Waals surface area (Å²) in [6.45, 7) is 2.92. The van der Waals surface area contributed by atoms with Crippen molar-refractivity contribution < 1.29 is 9.53 Å². The first-order chi connectivity index (χ1) is 14.7. The van der Waals surface area contributed by atoms with Crippen LogP contribution in [0, 0.1) is 11.3 Å². The zero-order valence-electron chi connectivity index (χ0n) is 16.5. The molecule has 6 nitrogen and oxygen atoms in total. The Labute approximate surface area is 179 Å². The SMILES string of the molecule is N#CC1C(CN(Cc2cccs2)CC2CCCO2)=CC(=O)n2c1nc1ccccc12. The summed E-state index contributed by atoms with van der Waals surface area (Å²) in [6.07, 6.45) is 3.97. The minimum absolute atomic E-state index is 0.131. The summed E-state index contributed by atoms with van der Waals surface area (Å²) in [5, 5.41) is 12.0. The Morgan fingerprint density at radius 2 is 2.17 bits per heavy atom. The molecule has 0 N–H and O–H groups in total. The number of benzene rings is 1. The van der Waals surface area contributed by atoms with Gasteiger partial charge in [0.25, 0.3) is 5.91 Å². The summed E-state index contributed by atoms with van der Waals surface area (Å²) in [5.74, 6) is -0.145. The van der Waals surface area contributed by atoms with Gasteiger partial charge in [-0.1, -0.05) is 18.2 Å². The first kappa shape index (κ1) is 19.2.